The van der Waals surface area contributed by atoms with Crippen LogP contribution in [0.1, 0.15) is 43.0 Å². The Morgan fingerprint density at radius 1 is 1.24 bits per heavy atom. The number of nitrogens with one attached hydrogen (secondary N) is 1. The van der Waals surface area contributed by atoms with E-state index in [1.54, 1.807) is 28.0 Å². The number of urea groups is 1. The first-order chi connectivity index (χ1) is 18.4. The molecule has 38 heavy (non-hydrogen) atoms. The molecule has 1 N–H and O–H groups in total. The third-order valence-electron chi connectivity index (χ3n) is 6.69. The van der Waals surface area contributed by atoms with Gasteiger partial charge in [0.2, 0.25) is 5.91 Å². The minimum atomic E-state index is -0.416. The molecule has 0 bridgehead atoms. The Morgan fingerprint density at radius 2 is 2.03 bits per heavy atom. The van der Waals surface area contributed by atoms with Crippen molar-refractivity contribution in [1.29, 1.82) is 5.26 Å². The highest BCUT2D eigenvalue weighted by atomic mass is 35.5. The normalized spacial score (nSPS) is 20.8. The van der Waals surface area contributed by atoms with Crippen molar-refractivity contribution in [2.45, 2.75) is 38.5 Å². The maximum absolute atomic E-state index is 14.2. The number of nitriles is 1. The zero-order valence-electron chi connectivity index (χ0n) is 21.2. The first kappa shape index (κ1) is 25.6. The smallest absolute Gasteiger partial charge is 0.326 e. The topological polar surface area (TPSA) is 98.0 Å². The van der Waals surface area contributed by atoms with Gasteiger partial charge in [-0.1, -0.05) is 42.0 Å². The van der Waals surface area contributed by atoms with Gasteiger partial charge in [-0.3, -0.25) is 14.7 Å². The molecular weight excluding hydrogens is 502 g/mol. The Hall–Kier alpha value is -4.09. The summed E-state index contributed by atoms with van der Waals surface area (Å²) < 4.78 is 6.12. The van der Waals surface area contributed by atoms with E-state index in [1.165, 1.54) is 0 Å². The number of carbonyl (C=O) groups is 2. The van der Waals surface area contributed by atoms with Crippen molar-refractivity contribution in [3.05, 3.63) is 88.0 Å². The number of nitrogens with zero attached hydrogens (tertiary/aromatic N) is 4. The number of halogens is 1. The van der Waals surface area contributed by atoms with Crippen LogP contribution in [-0.4, -0.2) is 59.4 Å². The lowest BCUT2D eigenvalue weighted by atomic mass is 9.93. The van der Waals surface area contributed by atoms with Crippen molar-refractivity contribution in [1.82, 2.24) is 15.1 Å². The van der Waals surface area contributed by atoms with Crippen LogP contribution in [0.15, 0.2) is 71.3 Å². The number of amides is 3. The van der Waals surface area contributed by atoms with Crippen LogP contribution in [0.2, 0.25) is 5.02 Å². The van der Waals surface area contributed by atoms with E-state index in [1.807, 2.05) is 50.3 Å². The number of hydrogen-bond acceptors (Lipinski definition) is 5. The monoisotopic (exact) mass is 529 g/mol. The molecule has 0 unspecified atom stereocenters. The largest absolute Gasteiger partial charge is 0.490 e. The highest BCUT2D eigenvalue weighted by Gasteiger charge is 2.45. The van der Waals surface area contributed by atoms with Crippen LogP contribution in [0.4, 0.5) is 4.79 Å². The number of benzene rings is 2. The van der Waals surface area contributed by atoms with Crippen LogP contribution in [-0.2, 0) is 4.79 Å². The van der Waals surface area contributed by atoms with Gasteiger partial charge in [0, 0.05) is 18.1 Å². The van der Waals surface area contributed by atoms with Crippen molar-refractivity contribution in [3.63, 3.8) is 0 Å². The molecule has 0 aromatic heterocycles. The SMILES string of the molecule is CC(C)Oc1cc(C#N)ccc1C1=N[C@@H](c2ccc(Cl)cc2)[C@@H](C2=CC=CC2)N1C(=O)N1CCNC(=O)C1. The van der Waals surface area contributed by atoms with Gasteiger partial charge in [-0.15, -0.1) is 0 Å². The van der Waals surface area contributed by atoms with Gasteiger partial charge < -0.3 is 15.0 Å². The summed E-state index contributed by atoms with van der Waals surface area (Å²) in [7, 11) is 0. The molecule has 2 aromatic carbocycles. The first-order valence-electron chi connectivity index (χ1n) is 12.6. The average molecular weight is 530 g/mol. The first-order valence-corrected chi connectivity index (χ1v) is 13.0. The molecule has 1 aliphatic carbocycles. The van der Waals surface area contributed by atoms with Crippen LogP contribution in [0.25, 0.3) is 0 Å². The lowest BCUT2D eigenvalue weighted by Gasteiger charge is -2.36. The number of allylic oxidation sites excluding steroid dienone is 3. The Kier molecular flexibility index (Phi) is 7.21. The maximum atomic E-state index is 14.2. The van der Waals surface area contributed by atoms with Gasteiger partial charge in [0.1, 0.15) is 24.2 Å². The third kappa shape index (κ3) is 5.02. The summed E-state index contributed by atoms with van der Waals surface area (Å²) in [6.45, 7) is 4.57. The van der Waals surface area contributed by atoms with Gasteiger partial charge in [-0.05, 0) is 61.7 Å². The van der Waals surface area contributed by atoms with E-state index in [9.17, 15) is 14.9 Å². The van der Waals surface area contributed by atoms with Crippen molar-refractivity contribution >= 4 is 29.4 Å². The van der Waals surface area contributed by atoms with Crippen LogP contribution in [0.3, 0.4) is 0 Å². The van der Waals surface area contributed by atoms with E-state index in [4.69, 9.17) is 21.3 Å². The number of carbonyl (C=O) groups excluding carboxylic acids is 2. The number of aliphatic imine (C=N–C) groups is 1. The fraction of sp³-hybridized carbons (Fsp3) is 0.310. The number of hydrogen-bond donors (Lipinski definition) is 1. The Labute approximate surface area is 226 Å². The molecule has 2 aromatic rings. The average Bonchev–Trinajstić information content (AvgIpc) is 3.56. The second-order valence-corrected chi connectivity index (χ2v) is 10.1. The lowest BCUT2D eigenvalue weighted by molar-refractivity contribution is -0.123. The summed E-state index contributed by atoms with van der Waals surface area (Å²) >= 11 is 6.19. The fourth-order valence-corrected chi connectivity index (χ4v) is 5.12. The predicted molar refractivity (Wildman–Crippen MR) is 145 cm³/mol. The van der Waals surface area contributed by atoms with E-state index in [0.29, 0.717) is 47.2 Å². The summed E-state index contributed by atoms with van der Waals surface area (Å²) in [5, 5.41) is 12.9. The molecule has 2 heterocycles. The molecule has 3 aliphatic rings. The molecule has 5 rings (SSSR count). The number of ether oxygens (including phenoxy) is 1. The van der Waals surface area contributed by atoms with Gasteiger partial charge in [-0.25, -0.2) is 4.79 Å². The zero-order valence-corrected chi connectivity index (χ0v) is 22.0. The molecule has 8 nitrogen and oxygen atoms in total. The molecule has 194 valence electrons. The number of piperazine rings is 1. The fourth-order valence-electron chi connectivity index (χ4n) is 5.00. The molecule has 1 fully saturated rings. The number of rotatable bonds is 5. The molecule has 2 atom stereocenters. The van der Waals surface area contributed by atoms with E-state index in [2.05, 4.69) is 17.5 Å². The molecular formula is C29H28ClN5O3. The van der Waals surface area contributed by atoms with Gasteiger partial charge in [0.15, 0.2) is 0 Å². The molecule has 0 radical (unpaired) electrons. The molecule has 9 heteroatoms. The second kappa shape index (κ2) is 10.7. The maximum Gasteiger partial charge on any atom is 0.326 e. The summed E-state index contributed by atoms with van der Waals surface area (Å²) in [4.78, 5) is 34.8. The Balaban J connectivity index is 1.68. The molecule has 2 aliphatic heterocycles. The molecule has 1 saturated heterocycles. The van der Waals surface area contributed by atoms with E-state index in [-0.39, 0.29) is 24.6 Å². The van der Waals surface area contributed by atoms with Crippen LogP contribution < -0.4 is 10.1 Å². The van der Waals surface area contributed by atoms with Crippen LogP contribution in [0.5, 0.6) is 5.75 Å². The van der Waals surface area contributed by atoms with E-state index >= 15 is 0 Å². The summed E-state index contributed by atoms with van der Waals surface area (Å²) in [6.07, 6.45) is 6.59. The standard InChI is InChI=1S/C29H28ClN5O3/c1-18(2)38-24-15-19(16-31)7-12-23(24)28-33-26(20-8-10-22(30)11-9-20)27(21-5-3-4-6-21)35(28)29(37)34-14-13-32-25(36)17-34/h3-5,7-12,15,18,26-27H,6,13-14,17H2,1-2H3,(H,32,36)/t26-,27+/m0/s1. The van der Waals surface area contributed by atoms with Gasteiger partial charge in [0.25, 0.3) is 0 Å². The van der Waals surface area contributed by atoms with Crippen molar-refractivity contribution < 1.29 is 14.3 Å². The summed E-state index contributed by atoms with van der Waals surface area (Å²) in [6, 6.07) is 13.7. The minimum absolute atomic E-state index is 0.0268. The third-order valence-corrected chi connectivity index (χ3v) is 6.94. The quantitative estimate of drug-likeness (QED) is 0.611. The van der Waals surface area contributed by atoms with Crippen molar-refractivity contribution in [2.75, 3.05) is 19.6 Å². The van der Waals surface area contributed by atoms with E-state index < -0.39 is 12.1 Å². The molecule has 3 amide bonds. The Bertz CT molecular complexity index is 1390. The highest BCUT2D eigenvalue weighted by Crippen LogP contribution is 2.41. The zero-order chi connectivity index (χ0) is 26.8. The van der Waals surface area contributed by atoms with Crippen molar-refractivity contribution in [3.8, 4) is 11.8 Å². The predicted octanol–water partition coefficient (Wildman–Crippen LogP) is 4.61. The van der Waals surface area contributed by atoms with Gasteiger partial charge in [0.05, 0.1) is 29.3 Å². The van der Waals surface area contributed by atoms with Crippen LogP contribution in [0, 0.1) is 11.3 Å². The van der Waals surface area contributed by atoms with Crippen LogP contribution >= 0.6 is 11.6 Å². The van der Waals surface area contributed by atoms with E-state index in [0.717, 1.165) is 11.1 Å². The summed E-state index contributed by atoms with van der Waals surface area (Å²) in [5.74, 6) is 0.719. The summed E-state index contributed by atoms with van der Waals surface area (Å²) in [5.41, 5.74) is 3.01. The Morgan fingerprint density at radius 3 is 2.68 bits per heavy atom. The second-order valence-electron chi connectivity index (χ2n) is 9.68. The van der Waals surface area contributed by atoms with Gasteiger partial charge >= 0.3 is 6.03 Å². The number of amidine groups is 1. The minimum Gasteiger partial charge on any atom is -0.490 e. The highest BCUT2D eigenvalue weighted by molar-refractivity contribution is 6.30. The molecule has 0 spiro atoms. The lowest BCUT2D eigenvalue weighted by Crippen LogP contribution is -2.56. The van der Waals surface area contributed by atoms with Gasteiger partial charge in [-0.2, -0.15) is 5.26 Å². The molecule has 0 saturated carbocycles. The van der Waals surface area contributed by atoms with Crippen molar-refractivity contribution in [2.24, 2.45) is 4.99 Å².